The van der Waals surface area contributed by atoms with Gasteiger partial charge in [0.05, 0.1) is 11.4 Å². The number of hydrogen-bond acceptors (Lipinski definition) is 5. The number of rotatable bonds is 7. The minimum Gasteiger partial charge on any atom is -0.455 e. The highest BCUT2D eigenvalue weighted by atomic mass is 35.5. The lowest BCUT2D eigenvalue weighted by molar-refractivity contribution is 0.00501. The van der Waals surface area contributed by atoms with Gasteiger partial charge in [0, 0.05) is 35.6 Å². The van der Waals surface area contributed by atoms with Crippen LogP contribution in [0.5, 0.6) is 0 Å². The third-order valence-corrected chi connectivity index (χ3v) is 8.86. The van der Waals surface area contributed by atoms with Crippen molar-refractivity contribution in [2.45, 2.75) is 121 Å². The standard InChI is InChI=1S/C37H50N4O4.ClH/c1-18-20(3)28(16-30-22(5)24(7)32(40-30)34(42)44-36(9,10)11)38-26(18)15-27-19(2)21(4)29(39-27)17-31-23(6)25(8)33(41-31)35(43)45-37(12,13)14;/h15,38,40-41H,16-17H2,1-14H3;1H/b27-15-;. The first kappa shape index (κ1) is 36.7. The van der Waals surface area contributed by atoms with E-state index in [0.717, 1.165) is 73.1 Å². The molecular formula is C37H51ClN4O4. The highest BCUT2D eigenvalue weighted by molar-refractivity contribution is 6.06. The predicted molar refractivity (Wildman–Crippen MR) is 189 cm³/mol. The number of nitrogens with zero attached hydrogens (tertiary/aromatic N) is 1. The second-order valence-electron chi connectivity index (χ2n) is 14.4. The summed E-state index contributed by atoms with van der Waals surface area (Å²) in [7, 11) is 0. The molecule has 46 heavy (non-hydrogen) atoms. The number of esters is 2. The van der Waals surface area contributed by atoms with E-state index < -0.39 is 11.2 Å². The van der Waals surface area contributed by atoms with E-state index in [4.69, 9.17) is 14.5 Å². The van der Waals surface area contributed by atoms with Crippen molar-refractivity contribution in [2.24, 2.45) is 4.99 Å². The molecule has 0 saturated heterocycles. The minimum atomic E-state index is -0.565. The van der Waals surface area contributed by atoms with Crippen LogP contribution in [0.4, 0.5) is 0 Å². The molecule has 250 valence electrons. The molecule has 0 saturated carbocycles. The number of carbonyl (C=O) groups excluding carboxylic acids is 2. The Labute approximate surface area is 280 Å². The molecule has 0 aliphatic carbocycles. The van der Waals surface area contributed by atoms with E-state index in [1.54, 1.807) is 0 Å². The fraction of sp³-hybridized carbons (Fsp3) is 0.486. The van der Waals surface area contributed by atoms with Gasteiger partial charge >= 0.3 is 11.9 Å². The number of hydrogen-bond donors (Lipinski definition) is 3. The molecule has 4 rings (SSSR count). The van der Waals surface area contributed by atoms with Gasteiger partial charge in [-0.2, -0.15) is 0 Å². The quantitative estimate of drug-likeness (QED) is 0.222. The van der Waals surface area contributed by atoms with Gasteiger partial charge < -0.3 is 24.4 Å². The van der Waals surface area contributed by atoms with Crippen LogP contribution in [0.15, 0.2) is 21.8 Å². The minimum absolute atomic E-state index is 0. The second kappa shape index (κ2) is 13.1. The molecule has 0 aromatic carbocycles. The molecule has 4 heterocycles. The van der Waals surface area contributed by atoms with Crippen molar-refractivity contribution >= 4 is 36.1 Å². The van der Waals surface area contributed by atoms with Crippen LogP contribution < -0.4 is 0 Å². The van der Waals surface area contributed by atoms with Crippen molar-refractivity contribution in [1.82, 2.24) is 15.0 Å². The van der Waals surface area contributed by atoms with E-state index in [0.29, 0.717) is 24.2 Å². The molecule has 1 aliphatic rings. The molecule has 8 nitrogen and oxygen atoms in total. The highest BCUT2D eigenvalue weighted by Gasteiger charge is 2.26. The molecule has 0 fully saturated rings. The van der Waals surface area contributed by atoms with Crippen LogP contribution >= 0.6 is 12.4 Å². The summed E-state index contributed by atoms with van der Waals surface area (Å²) in [5.41, 5.74) is 14.4. The highest BCUT2D eigenvalue weighted by Crippen LogP contribution is 2.32. The van der Waals surface area contributed by atoms with Crippen LogP contribution in [-0.4, -0.2) is 43.8 Å². The summed E-state index contributed by atoms with van der Waals surface area (Å²) in [4.78, 5) is 41.0. The Morgan fingerprint density at radius 1 is 0.609 bits per heavy atom. The Morgan fingerprint density at radius 2 is 1.02 bits per heavy atom. The zero-order chi connectivity index (χ0) is 33.8. The topological polar surface area (TPSA) is 112 Å². The molecule has 9 heteroatoms. The molecule has 3 aromatic rings. The van der Waals surface area contributed by atoms with E-state index in [1.807, 2.05) is 69.2 Å². The van der Waals surface area contributed by atoms with Gasteiger partial charge in [-0.15, -0.1) is 12.4 Å². The number of allylic oxidation sites excluding steroid dienone is 2. The predicted octanol–water partition coefficient (Wildman–Crippen LogP) is 8.82. The molecule has 3 N–H and O–H groups in total. The van der Waals surface area contributed by atoms with E-state index in [2.05, 4.69) is 48.7 Å². The Hall–Kier alpha value is -3.78. The van der Waals surface area contributed by atoms with Crippen molar-refractivity contribution < 1.29 is 19.1 Å². The Kier molecular flexibility index (Phi) is 10.5. The number of aliphatic imine (C=N–C) groups is 1. The largest absolute Gasteiger partial charge is 0.455 e. The average Bonchev–Trinajstić information content (AvgIpc) is 3.55. The summed E-state index contributed by atoms with van der Waals surface area (Å²) in [6, 6.07) is 0. The number of carbonyl (C=O) groups is 2. The number of aromatic nitrogens is 3. The molecule has 1 aliphatic heterocycles. The van der Waals surface area contributed by atoms with Crippen LogP contribution in [0.1, 0.15) is 133 Å². The zero-order valence-corrected chi connectivity index (χ0v) is 30.8. The van der Waals surface area contributed by atoms with Gasteiger partial charge in [-0.3, -0.25) is 4.99 Å². The molecule has 3 aromatic heterocycles. The van der Waals surface area contributed by atoms with Crippen LogP contribution in [0, 0.1) is 41.5 Å². The first-order valence-electron chi connectivity index (χ1n) is 15.7. The Bertz CT molecular complexity index is 1780. The van der Waals surface area contributed by atoms with Gasteiger partial charge in [0.1, 0.15) is 22.6 Å². The monoisotopic (exact) mass is 650 g/mol. The number of H-pyrrole nitrogens is 3. The molecular weight excluding hydrogens is 600 g/mol. The van der Waals surface area contributed by atoms with Crippen LogP contribution in [0.25, 0.3) is 6.08 Å². The van der Waals surface area contributed by atoms with E-state index in [1.165, 1.54) is 5.56 Å². The summed E-state index contributed by atoms with van der Waals surface area (Å²) in [6.45, 7) is 27.7. The maximum atomic E-state index is 12.8. The van der Waals surface area contributed by atoms with Gasteiger partial charge in [-0.05, 0) is 148 Å². The summed E-state index contributed by atoms with van der Waals surface area (Å²) < 4.78 is 11.2. The number of halogens is 1. The van der Waals surface area contributed by atoms with Gasteiger partial charge in [0.2, 0.25) is 0 Å². The lowest BCUT2D eigenvalue weighted by Crippen LogP contribution is -2.24. The van der Waals surface area contributed by atoms with Crippen molar-refractivity contribution in [2.75, 3.05) is 0 Å². The van der Waals surface area contributed by atoms with E-state index in [-0.39, 0.29) is 24.3 Å². The fourth-order valence-corrected chi connectivity index (χ4v) is 5.54. The van der Waals surface area contributed by atoms with Gasteiger partial charge in [0.25, 0.3) is 0 Å². The van der Waals surface area contributed by atoms with Crippen LogP contribution in [0.3, 0.4) is 0 Å². The zero-order valence-electron chi connectivity index (χ0n) is 30.0. The first-order chi connectivity index (χ1) is 20.7. The van der Waals surface area contributed by atoms with Gasteiger partial charge in [0.15, 0.2) is 0 Å². The van der Waals surface area contributed by atoms with Crippen molar-refractivity contribution in [1.29, 1.82) is 0 Å². The maximum Gasteiger partial charge on any atom is 0.355 e. The summed E-state index contributed by atoms with van der Waals surface area (Å²) in [5.74, 6) is -0.677. The van der Waals surface area contributed by atoms with E-state index in [9.17, 15) is 9.59 Å². The summed E-state index contributed by atoms with van der Waals surface area (Å²) in [5, 5.41) is 0. The number of aromatic amines is 3. The number of ether oxygens (including phenoxy) is 2. The second-order valence-corrected chi connectivity index (χ2v) is 14.4. The lowest BCUT2D eigenvalue weighted by atomic mass is 10.0. The normalized spacial score (nSPS) is 14.6. The molecule has 0 unspecified atom stereocenters. The lowest BCUT2D eigenvalue weighted by Gasteiger charge is -2.19. The third-order valence-electron chi connectivity index (χ3n) is 8.86. The summed E-state index contributed by atoms with van der Waals surface area (Å²) >= 11 is 0. The molecule has 0 bridgehead atoms. The molecule has 0 spiro atoms. The fourth-order valence-electron chi connectivity index (χ4n) is 5.54. The van der Waals surface area contributed by atoms with E-state index >= 15 is 0 Å². The van der Waals surface area contributed by atoms with Crippen molar-refractivity contribution in [3.05, 3.63) is 84.4 Å². The SMILES string of the molecule is CC1=C(C)/C(=C/c2[nH]c(Cc3[nH]c(C(=O)OC(C)(C)C)c(C)c3C)c(C)c2C)N=C1Cc1[nH]c(C(=O)OC(C)(C)C)c(C)c1C.Cl. The molecule has 0 radical (unpaired) electrons. The smallest absolute Gasteiger partial charge is 0.355 e. The molecule has 0 amide bonds. The van der Waals surface area contributed by atoms with Crippen LogP contribution in [-0.2, 0) is 22.3 Å². The molecule has 0 atom stereocenters. The average molecular weight is 651 g/mol. The van der Waals surface area contributed by atoms with Gasteiger partial charge in [-0.25, -0.2) is 9.59 Å². The Balaban J connectivity index is 0.00000576. The van der Waals surface area contributed by atoms with Crippen molar-refractivity contribution in [3.8, 4) is 0 Å². The number of nitrogens with one attached hydrogen (secondary N) is 3. The van der Waals surface area contributed by atoms with Crippen LogP contribution in [0.2, 0.25) is 0 Å². The third kappa shape index (κ3) is 7.60. The Morgan fingerprint density at radius 3 is 1.48 bits per heavy atom. The van der Waals surface area contributed by atoms with Crippen molar-refractivity contribution in [3.63, 3.8) is 0 Å². The van der Waals surface area contributed by atoms with Gasteiger partial charge in [-0.1, -0.05) is 0 Å². The summed E-state index contributed by atoms with van der Waals surface area (Å²) in [6.07, 6.45) is 3.35. The maximum absolute atomic E-state index is 12.8. The first-order valence-corrected chi connectivity index (χ1v) is 15.7.